The molecule has 3 heterocycles. The fraction of sp³-hybridized carbons (Fsp3) is 0.581. The number of aliphatic imine (C=N–C) groups is 1. The van der Waals surface area contributed by atoms with E-state index in [-0.39, 0.29) is 19.5 Å². The van der Waals surface area contributed by atoms with Crippen molar-refractivity contribution in [2.24, 2.45) is 16.6 Å². The minimum Gasteiger partial charge on any atom is -0.439 e. The molecule has 210 valence electrons. The van der Waals surface area contributed by atoms with Gasteiger partial charge in [-0.1, -0.05) is 50.7 Å². The molecule has 2 fully saturated rings. The number of aromatic nitrogens is 1. The van der Waals surface area contributed by atoms with Crippen molar-refractivity contribution in [3.8, 4) is 11.6 Å². The lowest BCUT2D eigenvalue weighted by Gasteiger charge is -2.42. The number of hydrogen-bond acceptors (Lipinski definition) is 6. The van der Waals surface area contributed by atoms with E-state index in [2.05, 4.69) is 26.9 Å². The Morgan fingerprint density at radius 1 is 0.897 bits per heavy atom. The van der Waals surface area contributed by atoms with E-state index in [0.717, 1.165) is 49.2 Å². The highest BCUT2D eigenvalue weighted by molar-refractivity contribution is 7.59. The first kappa shape index (κ1) is 27.8. The smallest absolute Gasteiger partial charge is 0.222 e. The van der Waals surface area contributed by atoms with Gasteiger partial charge in [-0.3, -0.25) is 4.79 Å². The van der Waals surface area contributed by atoms with Crippen molar-refractivity contribution in [1.82, 2.24) is 14.8 Å². The Labute approximate surface area is 239 Å². The average molecular weight is 550 g/mol. The van der Waals surface area contributed by atoms with Gasteiger partial charge >= 0.3 is 0 Å². The molecule has 6 rings (SSSR count). The van der Waals surface area contributed by atoms with E-state index in [0.29, 0.717) is 42.7 Å². The van der Waals surface area contributed by atoms with Gasteiger partial charge in [-0.15, -0.1) is 0 Å². The Balaban J connectivity index is 0.00000308. The zero-order valence-electron chi connectivity index (χ0n) is 23.0. The van der Waals surface area contributed by atoms with Crippen LogP contribution in [0.15, 0.2) is 41.5 Å². The SMILES string of the molecule is NC1=Nc2cnc3cc2CN1[C@H](C1CCCCC1)CCC(=O)N(C1CCCCC1)CCc1cccc(c1)O3.S. The van der Waals surface area contributed by atoms with Crippen molar-refractivity contribution in [3.05, 3.63) is 47.7 Å². The summed E-state index contributed by atoms with van der Waals surface area (Å²) in [5.41, 5.74) is 9.67. The first-order valence-electron chi connectivity index (χ1n) is 14.8. The topological polar surface area (TPSA) is 84.0 Å². The fourth-order valence-corrected chi connectivity index (χ4v) is 7.11. The van der Waals surface area contributed by atoms with Crippen molar-refractivity contribution in [3.63, 3.8) is 0 Å². The standard InChI is InChI=1S/C31H41N5O2.H2S/c32-31-34-27-20-33-29-19-24(27)21-36(31)28(23-9-3-1-4-10-23)14-15-30(37)35(25-11-5-2-6-12-25)17-16-22-8-7-13-26(18-22)38-29;/h7-8,13,18-20,23,25,28H,1-6,9-12,14-17,21H2,(H2,32,34);1H2/t28-;/m0./s1. The third kappa shape index (κ3) is 6.37. The second-order valence-corrected chi connectivity index (χ2v) is 11.6. The molecule has 2 N–H and O–H groups in total. The summed E-state index contributed by atoms with van der Waals surface area (Å²) in [6.45, 7) is 1.43. The number of carbonyl (C=O) groups excluding carboxylic acids is 1. The molecule has 0 radical (unpaired) electrons. The van der Waals surface area contributed by atoms with Gasteiger partial charge in [0.2, 0.25) is 11.8 Å². The van der Waals surface area contributed by atoms with Gasteiger partial charge in [0.05, 0.1) is 11.9 Å². The largest absolute Gasteiger partial charge is 0.439 e. The Hall–Kier alpha value is -2.74. The monoisotopic (exact) mass is 549 g/mol. The van der Waals surface area contributed by atoms with E-state index in [4.69, 9.17) is 15.5 Å². The highest BCUT2D eigenvalue weighted by Gasteiger charge is 2.34. The predicted octanol–water partition coefficient (Wildman–Crippen LogP) is 6.20. The summed E-state index contributed by atoms with van der Waals surface area (Å²) in [6, 6.07) is 10.8. The molecule has 1 amide bonds. The van der Waals surface area contributed by atoms with Crippen molar-refractivity contribution in [2.75, 3.05) is 6.54 Å². The Kier molecular flexibility index (Phi) is 9.00. The molecule has 2 aliphatic carbocycles. The van der Waals surface area contributed by atoms with E-state index < -0.39 is 0 Å². The lowest BCUT2D eigenvalue weighted by Crippen LogP contribution is -2.50. The zero-order chi connectivity index (χ0) is 25.9. The predicted molar refractivity (Wildman–Crippen MR) is 160 cm³/mol. The van der Waals surface area contributed by atoms with Crippen LogP contribution in [-0.4, -0.2) is 45.3 Å². The number of nitrogens with zero attached hydrogens (tertiary/aromatic N) is 4. The molecule has 1 aromatic carbocycles. The van der Waals surface area contributed by atoms with E-state index in [1.807, 2.05) is 18.2 Å². The van der Waals surface area contributed by atoms with Crippen LogP contribution in [0.5, 0.6) is 11.6 Å². The molecule has 0 spiro atoms. The van der Waals surface area contributed by atoms with Crippen LogP contribution in [0.3, 0.4) is 0 Å². The molecule has 1 aromatic heterocycles. The summed E-state index contributed by atoms with van der Waals surface area (Å²) in [5.74, 6) is 2.74. The maximum absolute atomic E-state index is 13.9. The summed E-state index contributed by atoms with van der Waals surface area (Å²) >= 11 is 0. The van der Waals surface area contributed by atoms with E-state index in [9.17, 15) is 4.79 Å². The second kappa shape index (κ2) is 12.6. The number of carbonyl (C=O) groups is 1. The Bertz CT molecular complexity index is 1180. The molecule has 5 bridgehead atoms. The molecule has 4 aliphatic rings. The van der Waals surface area contributed by atoms with E-state index in [1.54, 1.807) is 6.20 Å². The number of ether oxygens (including phenoxy) is 1. The highest BCUT2D eigenvalue weighted by atomic mass is 32.1. The van der Waals surface area contributed by atoms with Crippen LogP contribution in [0.2, 0.25) is 0 Å². The summed E-state index contributed by atoms with van der Waals surface area (Å²) in [6.07, 6.45) is 16.1. The van der Waals surface area contributed by atoms with E-state index >= 15 is 0 Å². The molecule has 2 saturated carbocycles. The molecular weight excluding hydrogens is 506 g/mol. The van der Waals surface area contributed by atoms with Crippen molar-refractivity contribution in [2.45, 2.75) is 102 Å². The highest BCUT2D eigenvalue weighted by Crippen LogP contribution is 2.36. The van der Waals surface area contributed by atoms with Crippen LogP contribution in [0.25, 0.3) is 0 Å². The number of pyridine rings is 1. The molecule has 2 aliphatic heterocycles. The lowest BCUT2D eigenvalue weighted by molar-refractivity contribution is -0.134. The third-order valence-corrected chi connectivity index (χ3v) is 9.16. The quantitative estimate of drug-likeness (QED) is 0.483. The van der Waals surface area contributed by atoms with Crippen LogP contribution in [-0.2, 0) is 17.8 Å². The van der Waals surface area contributed by atoms with Crippen LogP contribution in [0.4, 0.5) is 5.69 Å². The average Bonchev–Trinajstić information content (AvgIpc) is 2.94. The minimum absolute atomic E-state index is 0. The van der Waals surface area contributed by atoms with Gasteiger partial charge in [0.15, 0.2) is 5.96 Å². The molecule has 39 heavy (non-hydrogen) atoms. The van der Waals surface area contributed by atoms with Gasteiger partial charge in [0, 0.05) is 43.2 Å². The number of amides is 1. The fourth-order valence-electron chi connectivity index (χ4n) is 7.11. The first-order chi connectivity index (χ1) is 18.6. The third-order valence-electron chi connectivity index (χ3n) is 9.16. The summed E-state index contributed by atoms with van der Waals surface area (Å²) in [7, 11) is 0. The maximum Gasteiger partial charge on any atom is 0.222 e. The number of nitrogens with two attached hydrogens (primary N) is 1. The van der Waals surface area contributed by atoms with Crippen LogP contribution >= 0.6 is 13.5 Å². The number of fused-ring (bicyclic) bond motifs is 4. The normalized spacial score (nSPS) is 23.1. The molecule has 2 aromatic rings. The minimum atomic E-state index is 0. The number of guanidine groups is 1. The van der Waals surface area contributed by atoms with Gasteiger partial charge in [-0.2, -0.15) is 13.5 Å². The Morgan fingerprint density at radius 3 is 2.46 bits per heavy atom. The molecule has 7 nitrogen and oxygen atoms in total. The second-order valence-electron chi connectivity index (χ2n) is 11.6. The zero-order valence-corrected chi connectivity index (χ0v) is 24.0. The van der Waals surface area contributed by atoms with Gasteiger partial charge in [0.1, 0.15) is 5.75 Å². The van der Waals surface area contributed by atoms with Crippen molar-refractivity contribution >= 4 is 31.0 Å². The molecule has 0 unspecified atom stereocenters. The van der Waals surface area contributed by atoms with Crippen LogP contribution < -0.4 is 10.5 Å². The Morgan fingerprint density at radius 2 is 1.67 bits per heavy atom. The first-order valence-corrected chi connectivity index (χ1v) is 14.8. The summed E-state index contributed by atoms with van der Waals surface area (Å²) < 4.78 is 6.22. The number of rotatable bonds is 2. The lowest BCUT2D eigenvalue weighted by atomic mass is 9.81. The molecule has 1 atom stereocenters. The van der Waals surface area contributed by atoms with Gasteiger partial charge in [0.25, 0.3) is 0 Å². The van der Waals surface area contributed by atoms with Gasteiger partial charge in [-0.05, 0) is 62.1 Å². The molecule has 0 saturated heterocycles. The van der Waals surface area contributed by atoms with E-state index in [1.165, 1.54) is 56.9 Å². The van der Waals surface area contributed by atoms with Crippen molar-refractivity contribution < 1.29 is 9.53 Å². The number of hydrogen-bond donors (Lipinski definition) is 1. The summed E-state index contributed by atoms with van der Waals surface area (Å²) in [5, 5.41) is 0. The molecular formula is C31H43N5O2S. The van der Waals surface area contributed by atoms with Crippen molar-refractivity contribution in [1.29, 1.82) is 0 Å². The maximum atomic E-state index is 13.9. The summed E-state index contributed by atoms with van der Waals surface area (Å²) in [4.78, 5) is 27.7. The van der Waals surface area contributed by atoms with Crippen LogP contribution in [0, 0.1) is 5.92 Å². The van der Waals surface area contributed by atoms with Gasteiger partial charge in [-0.25, -0.2) is 9.98 Å². The molecule has 8 heteroatoms. The van der Waals surface area contributed by atoms with Gasteiger partial charge < -0.3 is 20.3 Å². The number of benzene rings is 1. The van der Waals surface area contributed by atoms with Crippen LogP contribution in [0.1, 0.15) is 88.2 Å².